The molecule has 3 rings (SSSR count). The summed E-state index contributed by atoms with van der Waals surface area (Å²) in [6.07, 6.45) is 3.31. The topological polar surface area (TPSA) is 85.1 Å². The fourth-order valence-corrected chi connectivity index (χ4v) is 2.05. The molecule has 0 bridgehead atoms. The number of aliphatic hydroxyl groups is 1. The Morgan fingerprint density at radius 1 is 1.62 bits per heavy atom. The van der Waals surface area contributed by atoms with Crippen molar-refractivity contribution < 1.29 is 14.2 Å². The van der Waals surface area contributed by atoms with Crippen LogP contribution in [0.4, 0.5) is 10.2 Å². The quantitative estimate of drug-likeness (QED) is 0.637. The number of rotatable bonds is 5. The molecule has 0 radical (unpaired) electrons. The molecule has 0 aromatic carbocycles. The monoisotopic (exact) mass is 293 g/mol. The van der Waals surface area contributed by atoms with Crippen molar-refractivity contribution in [3.8, 4) is 0 Å². The number of halogens is 1. The summed E-state index contributed by atoms with van der Waals surface area (Å²) in [5.41, 5.74) is 1.74. The Balaban J connectivity index is 1.89. The standard InChI is InChI=1S/C13H16FN5O2/c1-8(6-20)2-4-15-11-10-12(18-13(14)17-11)19(7-16-10)9-3-5-21-9/h2,7,9,20H,3-6H2,1H3,(H,15,17,18)/b8-2-. The molecule has 2 aromatic heterocycles. The first-order chi connectivity index (χ1) is 10.2. The Hall–Kier alpha value is -2.06. The number of hydrogen-bond donors (Lipinski definition) is 2. The van der Waals surface area contributed by atoms with Crippen LogP contribution in [-0.2, 0) is 4.74 Å². The Kier molecular flexibility index (Phi) is 3.80. The highest BCUT2D eigenvalue weighted by Gasteiger charge is 2.24. The maximum absolute atomic E-state index is 13.6. The van der Waals surface area contributed by atoms with E-state index in [0.29, 0.717) is 30.1 Å². The predicted octanol–water partition coefficient (Wildman–Crippen LogP) is 1.23. The maximum Gasteiger partial charge on any atom is 0.312 e. The average Bonchev–Trinajstić information content (AvgIpc) is 2.80. The van der Waals surface area contributed by atoms with Gasteiger partial charge in [-0.2, -0.15) is 14.4 Å². The van der Waals surface area contributed by atoms with E-state index >= 15 is 0 Å². The smallest absolute Gasteiger partial charge is 0.312 e. The van der Waals surface area contributed by atoms with Crippen LogP contribution in [0.1, 0.15) is 19.6 Å². The van der Waals surface area contributed by atoms with Crippen molar-refractivity contribution in [1.82, 2.24) is 19.5 Å². The van der Waals surface area contributed by atoms with E-state index < -0.39 is 6.08 Å². The van der Waals surface area contributed by atoms with Gasteiger partial charge in [0.05, 0.1) is 19.5 Å². The van der Waals surface area contributed by atoms with Crippen molar-refractivity contribution in [1.29, 1.82) is 0 Å². The van der Waals surface area contributed by atoms with E-state index in [0.717, 1.165) is 12.0 Å². The van der Waals surface area contributed by atoms with Crippen LogP contribution in [0.25, 0.3) is 11.2 Å². The summed E-state index contributed by atoms with van der Waals surface area (Å²) < 4.78 is 20.7. The third kappa shape index (κ3) is 2.72. The molecule has 1 fully saturated rings. The molecule has 0 amide bonds. The van der Waals surface area contributed by atoms with Gasteiger partial charge in [-0.15, -0.1) is 0 Å². The van der Waals surface area contributed by atoms with Gasteiger partial charge in [0.25, 0.3) is 0 Å². The molecule has 8 heteroatoms. The Labute approximate surface area is 120 Å². The summed E-state index contributed by atoms with van der Waals surface area (Å²) in [6.45, 7) is 2.91. The van der Waals surface area contributed by atoms with Gasteiger partial charge < -0.3 is 15.2 Å². The van der Waals surface area contributed by atoms with Gasteiger partial charge in [-0.1, -0.05) is 11.6 Å². The summed E-state index contributed by atoms with van der Waals surface area (Å²) in [5.74, 6) is 0.331. The van der Waals surface area contributed by atoms with E-state index in [9.17, 15) is 4.39 Å². The highest BCUT2D eigenvalue weighted by atomic mass is 19.1. The summed E-state index contributed by atoms with van der Waals surface area (Å²) in [4.78, 5) is 11.8. The molecule has 0 aliphatic carbocycles. The second-order valence-corrected chi connectivity index (χ2v) is 4.87. The van der Waals surface area contributed by atoms with Crippen LogP contribution < -0.4 is 5.32 Å². The molecule has 7 nitrogen and oxygen atoms in total. The molecule has 2 N–H and O–H groups in total. The number of aliphatic hydroxyl groups excluding tert-OH is 1. The highest BCUT2D eigenvalue weighted by Crippen LogP contribution is 2.28. The fourth-order valence-electron chi connectivity index (χ4n) is 2.05. The minimum atomic E-state index is -0.811. The number of anilines is 1. The van der Waals surface area contributed by atoms with Crippen LogP contribution in [0.5, 0.6) is 0 Å². The van der Waals surface area contributed by atoms with Gasteiger partial charge >= 0.3 is 6.08 Å². The van der Waals surface area contributed by atoms with Crippen molar-refractivity contribution in [2.24, 2.45) is 0 Å². The number of imidazole rings is 1. The lowest BCUT2D eigenvalue weighted by atomic mass is 10.3. The van der Waals surface area contributed by atoms with Gasteiger partial charge in [0.15, 0.2) is 17.0 Å². The second-order valence-electron chi connectivity index (χ2n) is 4.87. The molecule has 112 valence electrons. The van der Waals surface area contributed by atoms with Crippen molar-refractivity contribution in [3.05, 3.63) is 24.1 Å². The average molecular weight is 293 g/mol. The van der Waals surface area contributed by atoms with E-state index in [1.807, 2.05) is 0 Å². The molecular formula is C13H16FN5O2. The molecule has 3 heterocycles. The molecule has 0 spiro atoms. The van der Waals surface area contributed by atoms with E-state index in [1.165, 1.54) is 0 Å². The van der Waals surface area contributed by atoms with Crippen LogP contribution in [0.2, 0.25) is 0 Å². The predicted molar refractivity (Wildman–Crippen MR) is 74.2 cm³/mol. The van der Waals surface area contributed by atoms with Crippen LogP contribution in [0.3, 0.4) is 0 Å². The van der Waals surface area contributed by atoms with Gasteiger partial charge in [-0.05, 0) is 6.92 Å². The van der Waals surface area contributed by atoms with Crippen molar-refractivity contribution in [2.45, 2.75) is 19.6 Å². The number of nitrogens with one attached hydrogen (secondary N) is 1. The minimum absolute atomic E-state index is 0.0110. The third-order valence-electron chi connectivity index (χ3n) is 3.35. The zero-order valence-corrected chi connectivity index (χ0v) is 11.6. The molecule has 1 unspecified atom stereocenters. The number of ether oxygens (including phenoxy) is 1. The fraction of sp³-hybridized carbons (Fsp3) is 0.462. The summed E-state index contributed by atoms with van der Waals surface area (Å²) >= 11 is 0. The molecule has 1 atom stereocenters. The first kappa shape index (κ1) is 13.9. The minimum Gasteiger partial charge on any atom is -0.392 e. The van der Waals surface area contributed by atoms with Crippen LogP contribution >= 0.6 is 0 Å². The summed E-state index contributed by atoms with van der Waals surface area (Å²) in [5, 5.41) is 11.9. The zero-order chi connectivity index (χ0) is 14.8. The van der Waals surface area contributed by atoms with Crippen molar-refractivity contribution in [3.63, 3.8) is 0 Å². The van der Waals surface area contributed by atoms with Crippen molar-refractivity contribution >= 4 is 17.0 Å². The lowest BCUT2D eigenvalue weighted by Crippen LogP contribution is -2.24. The molecule has 0 saturated carbocycles. The molecule has 2 aromatic rings. The van der Waals surface area contributed by atoms with E-state index in [4.69, 9.17) is 9.84 Å². The Bertz CT molecular complexity index is 680. The van der Waals surface area contributed by atoms with E-state index in [2.05, 4.69) is 20.3 Å². The lowest BCUT2D eigenvalue weighted by molar-refractivity contribution is -0.0974. The zero-order valence-electron chi connectivity index (χ0n) is 11.6. The van der Waals surface area contributed by atoms with Gasteiger partial charge in [-0.3, -0.25) is 4.57 Å². The normalized spacial score (nSPS) is 18.8. The van der Waals surface area contributed by atoms with Crippen LogP contribution in [-0.4, -0.2) is 44.4 Å². The van der Waals surface area contributed by atoms with Gasteiger partial charge in [0.1, 0.15) is 6.23 Å². The number of aromatic nitrogens is 4. The molecule has 1 saturated heterocycles. The number of fused-ring (bicyclic) bond motifs is 1. The SMILES string of the molecule is C/C(=C/CNc1nc(F)nc2c1ncn2C1CCO1)CO. The third-order valence-corrected chi connectivity index (χ3v) is 3.35. The second kappa shape index (κ2) is 5.74. The highest BCUT2D eigenvalue weighted by molar-refractivity contribution is 5.82. The van der Waals surface area contributed by atoms with E-state index in [-0.39, 0.29) is 12.8 Å². The van der Waals surface area contributed by atoms with Gasteiger partial charge in [0, 0.05) is 13.0 Å². The summed E-state index contributed by atoms with van der Waals surface area (Å²) in [6, 6.07) is 0. The van der Waals surface area contributed by atoms with E-state index in [1.54, 1.807) is 23.9 Å². The first-order valence-corrected chi connectivity index (χ1v) is 6.71. The van der Waals surface area contributed by atoms with Gasteiger partial charge in [-0.25, -0.2) is 4.98 Å². The maximum atomic E-state index is 13.6. The molecule has 1 aliphatic heterocycles. The van der Waals surface area contributed by atoms with Crippen LogP contribution in [0.15, 0.2) is 18.0 Å². The molecule has 21 heavy (non-hydrogen) atoms. The molecular weight excluding hydrogens is 277 g/mol. The number of nitrogens with zero attached hydrogens (tertiary/aromatic N) is 4. The first-order valence-electron chi connectivity index (χ1n) is 6.71. The number of hydrogen-bond acceptors (Lipinski definition) is 6. The Morgan fingerprint density at radius 2 is 2.43 bits per heavy atom. The van der Waals surface area contributed by atoms with Crippen molar-refractivity contribution in [2.75, 3.05) is 25.1 Å². The van der Waals surface area contributed by atoms with Gasteiger partial charge in [0.2, 0.25) is 0 Å². The molecule has 1 aliphatic rings. The lowest BCUT2D eigenvalue weighted by Gasteiger charge is -2.27. The van der Waals surface area contributed by atoms with Crippen LogP contribution in [0, 0.1) is 6.08 Å². The largest absolute Gasteiger partial charge is 0.392 e. The Morgan fingerprint density at radius 3 is 3.10 bits per heavy atom. The summed E-state index contributed by atoms with van der Waals surface area (Å²) in [7, 11) is 0.